The summed E-state index contributed by atoms with van der Waals surface area (Å²) in [5.41, 5.74) is 0.768. The molecule has 0 aliphatic rings. The van der Waals surface area contributed by atoms with Gasteiger partial charge in [0.1, 0.15) is 5.75 Å². The molecule has 0 bridgehead atoms. The first-order chi connectivity index (χ1) is 8.85. The van der Waals surface area contributed by atoms with Gasteiger partial charge in [-0.3, -0.25) is 4.90 Å². The predicted octanol–water partition coefficient (Wildman–Crippen LogP) is 4.22. The number of methoxy groups -OCH3 is 1. The molecule has 108 valence electrons. The van der Waals surface area contributed by atoms with Gasteiger partial charge in [0.05, 0.1) is 13.7 Å². The SMILES string of the molecule is COc1ccc(Br)c(CN(CCBr)CC(F)(F)F)c1. The van der Waals surface area contributed by atoms with Crippen molar-refractivity contribution in [2.75, 3.05) is 25.5 Å². The van der Waals surface area contributed by atoms with Crippen molar-refractivity contribution in [2.45, 2.75) is 12.7 Å². The van der Waals surface area contributed by atoms with Crippen LogP contribution >= 0.6 is 31.9 Å². The van der Waals surface area contributed by atoms with Crippen LogP contribution in [-0.2, 0) is 6.54 Å². The molecule has 0 atom stereocenters. The summed E-state index contributed by atoms with van der Waals surface area (Å²) in [4.78, 5) is 1.34. The average molecular weight is 405 g/mol. The third-order valence-corrected chi connectivity index (χ3v) is 3.58. The first kappa shape index (κ1) is 16.8. The van der Waals surface area contributed by atoms with Crippen molar-refractivity contribution in [3.8, 4) is 5.75 Å². The lowest BCUT2D eigenvalue weighted by atomic mass is 10.2. The molecule has 7 heteroatoms. The molecule has 0 N–H and O–H groups in total. The van der Waals surface area contributed by atoms with Gasteiger partial charge in [-0.2, -0.15) is 13.2 Å². The second-order valence-electron chi connectivity index (χ2n) is 3.97. The molecule has 1 rings (SSSR count). The van der Waals surface area contributed by atoms with Crippen LogP contribution < -0.4 is 4.74 Å². The van der Waals surface area contributed by atoms with Crippen LogP contribution in [-0.4, -0.2) is 36.6 Å². The summed E-state index contributed by atoms with van der Waals surface area (Å²) >= 11 is 6.52. The molecular weight excluding hydrogens is 391 g/mol. The zero-order valence-corrected chi connectivity index (χ0v) is 13.5. The van der Waals surface area contributed by atoms with Gasteiger partial charge in [0.25, 0.3) is 0 Å². The fraction of sp³-hybridized carbons (Fsp3) is 0.500. The van der Waals surface area contributed by atoms with E-state index < -0.39 is 12.7 Å². The monoisotopic (exact) mass is 403 g/mol. The van der Waals surface area contributed by atoms with E-state index in [0.717, 1.165) is 10.0 Å². The highest BCUT2D eigenvalue weighted by Crippen LogP contribution is 2.25. The van der Waals surface area contributed by atoms with Crippen LogP contribution in [0, 0.1) is 0 Å². The summed E-state index contributed by atoms with van der Waals surface area (Å²) < 4.78 is 43.3. The number of hydrogen-bond donors (Lipinski definition) is 0. The largest absolute Gasteiger partial charge is 0.497 e. The van der Waals surface area contributed by atoms with Crippen molar-refractivity contribution in [3.63, 3.8) is 0 Å². The Hall–Kier alpha value is -0.270. The molecule has 0 saturated heterocycles. The van der Waals surface area contributed by atoms with Gasteiger partial charge in [-0.1, -0.05) is 31.9 Å². The molecule has 0 radical (unpaired) electrons. The molecule has 0 fully saturated rings. The van der Waals surface area contributed by atoms with E-state index in [1.54, 1.807) is 18.2 Å². The maximum atomic E-state index is 12.5. The topological polar surface area (TPSA) is 12.5 Å². The van der Waals surface area contributed by atoms with Gasteiger partial charge in [0.2, 0.25) is 0 Å². The maximum Gasteiger partial charge on any atom is 0.401 e. The third-order valence-electron chi connectivity index (χ3n) is 2.45. The van der Waals surface area contributed by atoms with Crippen molar-refractivity contribution in [1.82, 2.24) is 4.90 Å². The maximum absolute atomic E-state index is 12.5. The number of halogens is 5. The molecule has 0 aliphatic carbocycles. The zero-order valence-electron chi connectivity index (χ0n) is 10.3. The number of benzene rings is 1. The average Bonchev–Trinajstić information content (AvgIpc) is 2.30. The van der Waals surface area contributed by atoms with E-state index in [9.17, 15) is 13.2 Å². The highest BCUT2D eigenvalue weighted by molar-refractivity contribution is 9.10. The van der Waals surface area contributed by atoms with Crippen molar-refractivity contribution in [1.29, 1.82) is 0 Å². The second kappa shape index (κ2) is 7.50. The van der Waals surface area contributed by atoms with E-state index in [0.29, 0.717) is 17.6 Å². The Morgan fingerprint density at radius 2 is 2.00 bits per heavy atom. The lowest BCUT2D eigenvalue weighted by molar-refractivity contribution is -0.146. The molecule has 0 heterocycles. The fourth-order valence-corrected chi connectivity index (χ4v) is 2.50. The van der Waals surface area contributed by atoms with Gasteiger partial charge in [-0.25, -0.2) is 0 Å². The first-order valence-corrected chi connectivity index (χ1v) is 7.44. The minimum atomic E-state index is -4.20. The van der Waals surface area contributed by atoms with E-state index in [-0.39, 0.29) is 6.54 Å². The minimum absolute atomic E-state index is 0.211. The van der Waals surface area contributed by atoms with Crippen LogP contribution in [0.4, 0.5) is 13.2 Å². The van der Waals surface area contributed by atoms with Crippen LogP contribution in [0.1, 0.15) is 5.56 Å². The summed E-state index contributed by atoms with van der Waals surface area (Å²) in [6.07, 6.45) is -4.20. The Morgan fingerprint density at radius 1 is 1.32 bits per heavy atom. The van der Waals surface area contributed by atoms with Gasteiger partial charge in [0, 0.05) is 22.9 Å². The summed E-state index contributed by atoms with van der Waals surface area (Å²) in [7, 11) is 1.53. The van der Waals surface area contributed by atoms with Crippen LogP contribution in [0.25, 0.3) is 0 Å². The van der Waals surface area contributed by atoms with Crippen LogP contribution in [0.2, 0.25) is 0 Å². The minimum Gasteiger partial charge on any atom is -0.497 e. The summed E-state index contributed by atoms with van der Waals surface area (Å²) in [5.74, 6) is 0.629. The van der Waals surface area contributed by atoms with E-state index in [2.05, 4.69) is 31.9 Å². The van der Waals surface area contributed by atoms with Crippen molar-refractivity contribution in [2.24, 2.45) is 0 Å². The molecule has 1 aromatic carbocycles. The van der Waals surface area contributed by atoms with Crippen LogP contribution in [0.15, 0.2) is 22.7 Å². The molecule has 0 amide bonds. The molecule has 0 aliphatic heterocycles. The highest BCUT2D eigenvalue weighted by atomic mass is 79.9. The quantitative estimate of drug-likeness (QED) is 0.658. The molecule has 19 heavy (non-hydrogen) atoms. The second-order valence-corrected chi connectivity index (χ2v) is 5.62. The number of nitrogens with zero attached hydrogens (tertiary/aromatic N) is 1. The Bertz CT molecular complexity index is 412. The molecule has 0 aromatic heterocycles. The van der Waals surface area contributed by atoms with Gasteiger partial charge >= 0.3 is 6.18 Å². The Kier molecular flexibility index (Phi) is 6.62. The van der Waals surface area contributed by atoms with Crippen molar-refractivity contribution < 1.29 is 17.9 Å². The normalized spacial score (nSPS) is 11.9. The number of rotatable bonds is 6. The predicted molar refractivity (Wildman–Crippen MR) is 75.8 cm³/mol. The summed E-state index contributed by atoms with van der Waals surface area (Å²) in [6, 6.07) is 5.27. The number of hydrogen-bond acceptors (Lipinski definition) is 2. The number of ether oxygens (including phenoxy) is 1. The summed E-state index contributed by atoms with van der Waals surface area (Å²) in [6.45, 7) is -0.395. The Labute approximate surface area is 127 Å². The first-order valence-electron chi connectivity index (χ1n) is 5.53. The lowest BCUT2D eigenvalue weighted by Crippen LogP contribution is -2.35. The van der Waals surface area contributed by atoms with Crippen molar-refractivity contribution >= 4 is 31.9 Å². The molecule has 1 aromatic rings. The molecular formula is C12H14Br2F3NO. The van der Waals surface area contributed by atoms with Gasteiger partial charge in [-0.15, -0.1) is 0 Å². The number of alkyl halides is 4. The van der Waals surface area contributed by atoms with E-state index >= 15 is 0 Å². The molecule has 2 nitrogen and oxygen atoms in total. The fourth-order valence-electron chi connectivity index (χ4n) is 1.63. The van der Waals surface area contributed by atoms with Gasteiger partial charge in [0.15, 0.2) is 0 Å². The van der Waals surface area contributed by atoms with Gasteiger partial charge in [-0.05, 0) is 23.8 Å². The standard InChI is InChI=1S/C12H14Br2F3NO/c1-19-10-2-3-11(14)9(6-10)7-18(5-4-13)8-12(15,16)17/h2-3,6H,4-5,7-8H2,1H3. The molecule has 0 unspecified atom stereocenters. The molecule has 0 spiro atoms. The highest BCUT2D eigenvalue weighted by Gasteiger charge is 2.30. The smallest absolute Gasteiger partial charge is 0.401 e. The third kappa shape index (κ3) is 6.14. The van der Waals surface area contributed by atoms with Crippen LogP contribution in [0.5, 0.6) is 5.75 Å². The van der Waals surface area contributed by atoms with E-state index in [1.165, 1.54) is 12.0 Å². The van der Waals surface area contributed by atoms with Crippen molar-refractivity contribution in [3.05, 3.63) is 28.2 Å². The molecule has 0 saturated carbocycles. The van der Waals surface area contributed by atoms with Gasteiger partial charge < -0.3 is 4.74 Å². The van der Waals surface area contributed by atoms with E-state index in [1.807, 2.05) is 0 Å². The lowest BCUT2D eigenvalue weighted by Gasteiger charge is -2.23. The Balaban J connectivity index is 2.83. The summed E-state index contributed by atoms with van der Waals surface area (Å²) in [5, 5.41) is 0.491. The van der Waals surface area contributed by atoms with Crippen LogP contribution in [0.3, 0.4) is 0 Å². The zero-order chi connectivity index (χ0) is 14.5. The van der Waals surface area contributed by atoms with E-state index in [4.69, 9.17) is 4.74 Å². The Morgan fingerprint density at radius 3 is 2.53 bits per heavy atom.